The predicted octanol–water partition coefficient (Wildman–Crippen LogP) is 2.75. The summed E-state index contributed by atoms with van der Waals surface area (Å²) in [6, 6.07) is 6.14. The average Bonchev–Trinajstić information content (AvgIpc) is 2.57. The van der Waals surface area contributed by atoms with Crippen LogP contribution in [0, 0.1) is 22.9 Å². The van der Waals surface area contributed by atoms with Crippen LogP contribution in [-0.4, -0.2) is 26.3 Å². The molecule has 1 amide bonds. The lowest BCUT2D eigenvalue weighted by Gasteiger charge is -2.26. The lowest BCUT2D eigenvalue weighted by atomic mass is 10.0. The molecule has 0 aliphatic carbocycles. The fourth-order valence-electron chi connectivity index (χ4n) is 2.97. The largest absolute Gasteiger partial charge is 0.315 e. The maximum absolute atomic E-state index is 14.2. The van der Waals surface area contributed by atoms with E-state index in [-0.39, 0.29) is 17.2 Å². The van der Waals surface area contributed by atoms with E-state index in [1.165, 1.54) is 17.9 Å². The summed E-state index contributed by atoms with van der Waals surface area (Å²) < 4.78 is 41.5. The Hall–Kier alpha value is -3.01. The van der Waals surface area contributed by atoms with Crippen LogP contribution in [0.3, 0.4) is 0 Å². The fraction of sp³-hybridized carbons (Fsp3) is 0.235. The van der Waals surface area contributed by atoms with E-state index in [9.17, 15) is 27.7 Å². The zero-order valence-corrected chi connectivity index (χ0v) is 15.3. The molecule has 1 aliphatic heterocycles. The molecule has 1 N–H and O–H groups in total. The number of nitrogens with zero attached hydrogens (tertiary/aromatic N) is 2. The Morgan fingerprint density at radius 2 is 1.93 bits per heavy atom. The van der Waals surface area contributed by atoms with Gasteiger partial charge in [-0.25, -0.2) is 12.8 Å². The first-order chi connectivity index (χ1) is 12.6. The first-order valence-corrected chi connectivity index (χ1v) is 9.45. The highest BCUT2D eigenvalue weighted by molar-refractivity contribution is 7.92. The van der Waals surface area contributed by atoms with Crippen LogP contribution in [0.1, 0.15) is 17.5 Å². The van der Waals surface area contributed by atoms with E-state index in [2.05, 4.69) is 4.72 Å². The number of sulfonamides is 1. The number of nitro benzene ring substituents is 1. The van der Waals surface area contributed by atoms with E-state index in [1.54, 1.807) is 19.2 Å². The van der Waals surface area contributed by atoms with Gasteiger partial charge in [0.05, 0.1) is 4.92 Å². The third kappa shape index (κ3) is 3.47. The smallest absolute Gasteiger partial charge is 0.273 e. The molecular weight excluding hydrogens is 377 g/mol. The molecule has 27 heavy (non-hydrogen) atoms. The number of fused-ring (bicyclic) bond motifs is 1. The SMILES string of the molecule is Cc1cc(F)c(S(=O)(=O)Nc2ccc3c(c2)CCC(=O)N3C)cc1[N+](=O)[O-]. The zero-order valence-electron chi connectivity index (χ0n) is 14.5. The number of halogens is 1. The molecule has 1 aliphatic rings. The molecule has 0 saturated heterocycles. The zero-order chi connectivity index (χ0) is 19.9. The summed E-state index contributed by atoms with van der Waals surface area (Å²) in [7, 11) is -2.75. The van der Waals surface area contributed by atoms with Crippen LogP contribution in [0.5, 0.6) is 0 Å². The Bertz CT molecular complexity index is 1070. The number of hydrogen-bond acceptors (Lipinski definition) is 5. The van der Waals surface area contributed by atoms with Crippen LogP contribution in [0.4, 0.5) is 21.5 Å². The quantitative estimate of drug-likeness (QED) is 0.634. The summed E-state index contributed by atoms with van der Waals surface area (Å²) in [6.45, 7) is 1.33. The van der Waals surface area contributed by atoms with Crippen molar-refractivity contribution >= 4 is 33.0 Å². The normalized spacial score (nSPS) is 14.0. The molecule has 2 aromatic carbocycles. The van der Waals surface area contributed by atoms with Gasteiger partial charge in [-0.2, -0.15) is 0 Å². The number of hydrogen-bond donors (Lipinski definition) is 1. The van der Waals surface area contributed by atoms with Gasteiger partial charge in [0, 0.05) is 36.5 Å². The van der Waals surface area contributed by atoms with Crippen molar-refractivity contribution in [2.45, 2.75) is 24.7 Å². The van der Waals surface area contributed by atoms with Gasteiger partial charge in [0.25, 0.3) is 15.7 Å². The van der Waals surface area contributed by atoms with Crippen LogP contribution in [0.25, 0.3) is 0 Å². The highest BCUT2D eigenvalue weighted by atomic mass is 32.2. The molecule has 0 aromatic heterocycles. The molecule has 142 valence electrons. The Balaban J connectivity index is 1.97. The molecule has 0 radical (unpaired) electrons. The molecule has 0 saturated carbocycles. The molecule has 10 heteroatoms. The lowest BCUT2D eigenvalue weighted by molar-refractivity contribution is -0.385. The molecular formula is C17H16FN3O5S. The van der Waals surface area contributed by atoms with Gasteiger partial charge in [0.15, 0.2) is 0 Å². The number of aryl methyl sites for hydroxylation is 2. The van der Waals surface area contributed by atoms with Gasteiger partial charge in [-0.15, -0.1) is 0 Å². The van der Waals surface area contributed by atoms with Crippen molar-refractivity contribution in [2.24, 2.45) is 0 Å². The molecule has 0 spiro atoms. The second kappa shape index (κ2) is 6.62. The lowest BCUT2D eigenvalue weighted by Crippen LogP contribution is -2.31. The summed E-state index contributed by atoms with van der Waals surface area (Å²) in [5.74, 6) is -1.11. The topological polar surface area (TPSA) is 110 Å². The number of rotatable bonds is 4. The minimum absolute atomic E-state index is 0.0259. The van der Waals surface area contributed by atoms with E-state index < -0.39 is 31.3 Å². The van der Waals surface area contributed by atoms with Crippen LogP contribution in [0.15, 0.2) is 35.2 Å². The van der Waals surface area contributed by atoms with Gasteiger partial charge < -0.3 is 4.90 Å². The van der Waals surface area contributed by atoms with Crippen molar-refractivity contribution in [1.82, 2.24) is 0 Å². The number of anilines is 2. The Kier molecular flexibility index (Phi) is 4.60. The Labute approximate surface area is 154 Å². The van der Waals surface area contributed by atoms with E-state index in [4.69, 9.17) is 0 Å². The first-order valence-electron chi connectivity index (χ1n) is 7.97. The van der Waals surface area contributed by atoms with Gasteiger partial charge in [0.1, 0.15) is 10.7 Å². The van der Waals surface area contributed by atoms with Crippen molar-refractivity contribution in [1.29, 1.82) is 0 Å². The van der Waals surface area contributed by atoms with Gasteiger partial charge in [-0.1, -0.05) is 0 Å². The first kappa shape index (κ1) is 18.8. The summed E-state index contributed by atoms with van der Waals surface area (Å²) in [5.41, 5.74) is 1.17. The molecule has 2 aromatic rings. The standard InChI is InChI=1S/C17H16FN3O5S/c1-10-7-13(18)16(9-15(10)21(23)24)27(25,26)19-12-4-5-14-11(8-12)3-6-17(22)20(14)2/h4-5,7-9,19H,3,6H2,1-2H3. The second-order valence-corrected chi connectivity index (χ2v) is 7.88. The maximum Gasteiger partial charge on any atom is 0.273 e. The van der Waals surface area contributed by atoms with Crippen molar-refractivity contribution in [3.05, 3.63) is 57.4 Å². The predicted molar refractivity (Wildman–Crippen MR) is 96.8 cm³/mol. The average molecular weight is 393 g/mol. The molecule has 0 atom stereocenters. The number of nitro groups is 1. The fourth-order valence-corrected chi connectivity index (χ4v) is 4.10. The minimum Gasteiger partial charge on any atom is -0.315 e. The van der Waals surface area contributed by atoms with Gasteiger partial charge in [0.2, 0.25) is 5.91 Å². The van der Waals surface area contributed by atoms with Crippen molar-refractivity contribution in [3.63, 3.8) is 0 Å². The molecule has 0 bridgehead atoms. The van der Waals surface area contributed by atoms with E-state index in [0.29, 0.717) is 24.6 Å². The van der Waals surface area contributed by atoms with E-state index >= 15 is 0 Å². The van der Waals surface area contributed by atoms with Gasteiger partial charge >= 0.3 is 0 Å². The van der Waals surface area contributed by atoms with Crippen molar-refractivity contribution in [3.8, 4) is 0 Å². The molecule has 0 fully saturated rings. The van der Waals surface area contributed by atoms with E-state index in [1.807, 2.05) is 0 Å². The summed E-state index contributed by atoms with van der Waals surface area (Å²) in [4.78, 5) is 22.7. The third-order valence-corrected chi connectivity index (χ3v) is 5.81. The minimum atomic E-state index is -4.38. The van der Waals surface area contributed by atoms with Crippen LogP contribution >= 0.6 is 0 Å². The Morgan fingerprint density at radius 3 is 2.59 bits per heavy atom. The van der Waals surface area contributed by atoms with Crippen molar-refractivity contribution < 1.29 is 22.5 Å². The maximum atomic E-state index is 14.2. The third-order valence-electron chi connectivity index (χ3n) is 4.41. The van der Waals surface area contributed by atoms with Crippen LogP contribution < -0.4 is 9.62 Å². The Morgan fingerprint density at radius 1 is 1.22 bits per heavy atom. The monoisotopic (exact) mass is 393 g/mol. The number of benzene rings is 2. The van der Waals surface area contributed by atoms with Gasteiger partial charge in [-0.3, -0.25) is 19.6 Å². The number of carbonyl (C=O) groups is 1. The summed E-state index contributed by atoms with van der Waals surface area (Å²) in [5, 5.41) is 11.0. The number of carbonyl (C=O) groups excluding carboxylic acids is 1. The highest BCUT2D eigenvalue weighted by Gasteiger charge is 2.26. The molecule has 0 unspecified atom stereocenters. The van der Waals surface area contributed by atoms with Crippen LogP contribution in [0.2, 0.25) is 0 Å². The second-order valence-electron chi connectivity index (χ2n) is 6.23. The van der Waals surface area contributed by atoms with E-state index in [0.717, 1.165) is 11.6 Å². The molecule has 3 rings (SSSR count). The number of amides is 1. The summed E-state index contributed by atoms with van der Waals surface area (Å²) in [6.07, 6.45) is 0.761. The summed E-state index contributed by atoms with van der Waals surface area (Å²) >= 11 is 0. The highest BCUT2D eigenvalue weighted by Crippen LogP contribution is 2.31. The van der Waals surface area contributed by atoms with Crippen LogP contribution in [-0.2, 0) is 21.2 Å². The van der Waals surface area contributed by atoms with Gasteiger partial charge in [-0.05, 0) is 43.2 Å². The molecule has 8 nitrogen and oxygen atoms in total. The number of nitrogens with one attached hydrogen (secondary N) is 1. The van der Waals surface area contributed by atoms with Crippen molar-refractivity contribution in [2.75, 3.05) is 16.7 Å². The molecule has 1 heterocycles.